The van der Waals surface area contributed by atoms with Crippen LogP contribution in [0, 0.1) is 20.8 Å². The van der Waals surface area contributed by atoms with Crippen molar-refractivity contribution in [2.24, 2.45) is 0 Å². The number of hydrogen-bond donors (Lipinski definition) is 3. The molecule has 37 heavy (non-hydrogen) atoms. The van der Waals surface area contributed by atoms with Crippen molar-refractivity contribution in [3.8, 4) is 33.8 Å². The van der Waals surface area contributed by atoms with Gasteiger partial charge in [-0.05, 0) is 90.6 Å². The predicted molar refractivity (Wildman–Crippen MR) is 154 cm³/mol. The van der Waals surface area contributed by atoms with Crippen molar-refractivity contribution < 1.29 is 0 Å². The molecule has 3 aromatic heterocycles. The van der Waals surface area contributed by atoms with Gasteiger partial charge in [0.1, 0.15) is 0 Å². The highest BCUT2D eigenvalue weighted by Gasteiger charge is 2.18. The normalized spacial score (nSPS) is 11.4. The van der Waals surface area contributed by atoms with Crippen molar-refractivity contribution in [3.05, 3.63) is 143 Å². The second kappa shape index (κ2) is 9.51. The van der Waals surface area contributed by atoms with E-state index in [0.29, 0.717) is 0 Å². The molecule has 6 aromatic rings. The lowest BCUT2D eigenvalue weighted by Crippen LogP contribution is -2.03. The Bertz CT molecular complexity index is 1430. The number of nitrogens with one attached hydrogen (secondary N) is 3. The van der Waals surface area contributed by atoms with Crippen LogP contribution in [0.3, 0.4) is 0 Å². The molecule has 0 spiro atoms. The zero-order chi connectivity index (χ0) is 25.4. The van der Waals surface area contributed by atoms with E-state index in [1.165, 1.54) is 50.5 Å². The first-order valence-corrected chi connectivity index (χ1v) is 12.8. The molecule has 0 unspecified atom stereocenters. The molecular formula is C34H31N3. The van der Waals surface area contributed by atoms with E-state index >= 15 is 0 Å². The molecule has 0 aliphatic heterocycles. The molecule has 0 saturated heterocycles. The number of aryl methyl sites for hydroxylation is 3. The highest BCUT2D eigenvalue weighted by Crippen LogP contribution is 2.35. The Hall–Kier alpha value is -4.50. The summed E-state index contributed by atoms with van der Waals surface area (Å²) in [4.78, 5) is 10.3. The number of aromatic nitrogens is 3. The zero-order valence-electron chi connectivity index (χ0n) is 21.5. The van der Waals surface area contributed by atoms with Crippen molar-refractivity contribution >= 4 is 0 Å². The second-order valence-corrected chi connectivity index (χ2v) is 9.96. The molecule has 0 aliphatic carbocycles. The predicted octanol–water partition coefficient (Wildman–Crippen LogP) is 8.78. The molecule has 3 heteroatoms. The van der Waals surface area contributed by atoms with Gasteiger partial charge < -0.3 is 15.0 Å². The SMILES string of the molecule is Cc1ccc(-c2ccc(C(c3ccc(-c4ccc(C)[nH]4)cc3)c3ccc(-c4ccc(C)[nH]4)cc3)cc2)[nH]1. The van der Waals surface area contributed by atoms with E-state index < -0.39 is 0 Å². The number of hydrogen-bond acceptors (Lipinski definition) is 0. The Morgan fingerprint density at radius 3 is 0.838 bits per heavy atom. The van der Waals surface area contributed by atoms with Crippen LogP contribution in [0.1, 0.15) is 39.7 Å². The monoisotopic (exact) mass is 481 g/mol. The first-order valence-electron chi connectivity index (χ1n) is 12.8. The topological polar surface area (TPSA) is 47.4 Å². The van der Waals surface area contributed by atoms with Crippen LogP contribution in [0.5, 0.6) is 0 Å². The van der Waals surface area contributed by atoms with Gasteiger partial charge >= 0.3 is 0 Å². The number of benzene rings is 3. The van der Waals surface area contributed by atoms with E-state index in [9.17, 15) is 0 Å². The highest BCUT2D eigenvalue weighted by atomic mass is 14.7. The van der Waals surface area contributed by atoms with Crippen LogP contribution in [0.15, 0.2) is 109 Å². The first-order chi connectivity index (χ1) is 18.0. The number of H-pyrrole nitrogens is 3. The van der Waals surface area contributed by atoms with Crippen molar-refractivity contribution in [1.29, 1.82) is 0 Å². The van der Waals surface area contributed by atoms with Crippen LogP contribution >= 0.6 is 0 Å². The molecular weight excluding hydrogens is 450 g/mol. The lowest BCUT2D eigenvalue weighted by Gasteiger charge is -2.20. The van der Waals surface area contributed by atoms with Crippen LogP contribution in [-0.4, -0.2) is 15.0 Å². The molecule has 3 aromatic carbocycles. The Morgan fingerprint density at radius 1 is 0.351 bits per heavy atom. The summed E-state index contributed by atoms with van der Waals surface area (Å²) in [6.45, 7) is 6.26. The Labute approximate surface area is 218 Å². The van der Waals surface area contributed by atoms with Gasteiger partial charge in [-0.3, -0.25) is 0 Å². The maximum Gasteiger partial charge on any atom is 0.0455 e. The second-order valence-electron chi connectivity index (χ2n) is 9.96. The molecule has 0 fully saturated rings. The summed E-state index contributed by atoms with van der Waals surface area (Å²) in [5.41, 5.74) is 14.4. The lowest BCUT2D eigenvalue weighted by atomic mass is 9.84. The molecule has 182 valence electrons. The summed E-state index contributed by atoms with van der Waals surface area (Å²) in [7, 11) is 0. The fraction of sp³-hybridized carbons (Fsp3) is 0.118. The van der Waals surface area contributed by atoms with Gasteiger partial charge in [0.2, 0.25) is 0 Å². The highest BCUT2D eigenvalue weighted by molar-refractivity contribution is 5.64. The third-order valence-electron chi connectivity index (χ3n) is 7.16. The molecule has 3 heterocycles. The average molecular weight is 482 g/mol. The molecule has 0 saturated carbocycles. The molecule has 0 amide bonds. The molecule has 3 N–H and O–H groups in total. The van der Waals surface area contributed by atoms with E-state index in [1.807, 2.05) is 0 Å². The lowest BCUT2D eigenvalue weighted by molar-refractivity contribution is 0.978. The van der Waals surface area contributed by atoms with E-state index in [2.05, 4.69) is 145 Å². The fourth-order valence-electron chi connectivity index (χ4n) is 5.16. The Kier molecular flexibility index (Phi) is 5.90. The summed E-state index contributed by atoms with van der Waals surface area (Å²) < 4.78 is 0. The summed E-state index contributed by atoms with van der Waals surface area (Å²) >= 11 is 0. The van der Waals surface area contributed by atoms with Gasteiger partial charge in [0, 0.05) is 40.1 Å². The van der Waals surface area contributed by atoms with Gasteiger partial charge in [-0.25, -0.2) is 0 Å². The first kappa shape index (κ1) is 22.9. The van der Waals surface area contributed by atoms with Crippen molar-refractivity contribution in [2.45, 2.75) is 26.7 Å². The van der Waals surface area contributed by atoms with Crippen LogP contribution in [-0.2, 0) is 0 Å². The van der Waals surface area contributed by atoms with Crippen molar-refractivity contribution in [2.75, 3.05) is 0 Å². The van der Waals surface area contributed by atoms with E-state index in [0.717, 1.165) is 17.1 Å². The Balaban J connectivity index is 1.38. The molecule has 0 aliphatic rings. The van der Waals surface area contributed by atoms with E-state index in [-0.39, 0.29) is 5.92 Å². The summed E-state index contributed by atoms with van der Waals surface area (Å²) in [5.74, 6) is 0.137. The third-order valence-corrected chi connectivity index (χ3v) is 7.16. The number of rotatable bonds is 6. The molecule has 0 atom stereocenters. The third kappa shape index (κ3) is 4.68. The number of aromatic amines is 3. The minimum atomic E-state index is 0.137. The van der Waals surface area contributed by atoms with Crippen molar-refractivity contribution in [1.82, 2.24) is 15.0 Å². The average Bonchev–Trinajstić information content (AvgIpc) is 3.67. The van der Waals surface area contributed by atoms with Crippen LogP contribution in [0.4, 0.5) is 0 Å². The molecule has 0 radical (unpaired) electrons. The minimum absolute atomic E-state index is 0.137. The smallest absolute Gasteiger partial charge is 0.0455 e. The van der Waals surface area contributed by atoms with Crippen LogP contribution in [0.25, 0.3) is 33.8 Å². The van der Waals surface area contributed by atoms with E-state index in [1.54, 1.807) is 0 Å². The van der Waals surface area contributed by atoms with E-state index in [4.69, 9.17) is 0 Å². The van der Waals surface area contributed by atoms with Crippen LogP contribution in [0.2, 0.25) is 0 Å². The maximum atomic E-state index is 3.45. The van der Waals surface area contributed by atoms with Gasteiger partial charge in [-0.1, -0.05) is 72.8 Å². The maximum absolute atomic E-state index is 3.45. The van der Waals surface area contributed by atoms with Gasteiger partial charge in [0.05, 0.1) is 0 Å². The van der Waals surface area contributed by atoms with Gasteiger partial charge in [-0.2, -0.15) is 0 Å². The molecule has 6 rings (SSSR count). The summed E-state index contributed by atoms with van der Waals surface area (Å²) in [5, 5.41) is 0. The van der Waals surface area contributed by atoms with Gasteiger partial charge in [0.25, 0.3) is 0 Å². The Morgan fingerprint density at radius 2 is 0.622 bits per heavy atom. The minimum Gasteiger partial charge on any atom is -0.359 e. The summed E-state index contributed by atoms with van der Waals surface area (Å²) in [6.07, 6.45) is 0. The quantitative estimate of drug-likeness (QED) is 0.199. The summed E-state index contributed by atoms with van der Waals surface area (Å²) in [6, 6.07) is 39.7. The standard InChI is InChI=1S/C34H31N3/c1-22-4-19-31(35-22)25-7-13-28(14-8-25)34(29-15-9-26(10-16-29)32-20-5-23(2)36-32)30-17-11-27(12-18-30)33-21-6-24(3)37-33/h4-21,34-37H,1-3H3. The zero-order valence-corrected chi connectivity index (χ0v) is 21.5. The van der Waals surface area contributed by atoms with Gasteiger partial charge in [0.15, 0.2) is 0 Å². The largest absolute Gasteiger partial charge is 0.359 e. The van der Waals surface area contributed by atoms with Crippen molar-refractivity contribution in [3.63, 3.8) is 0 Å². The fourth-order valence-corrected chi connectivity index (χ4v) is 5.16. The molecule has 3 nitrogen and oxygen atoms in total. The van der Waals surface area contributed by atoms with Gasteiger partial charge in [-0.15, -0.1) is 0 Å². The molecule has 0 bridgehead atoms. The van der Waals surface area contributed by atoms with Crippen LogP contribution < -0.4 is 0 Å².